The van der Waals surface area contributed by atoms with Crippen LogP contribution in [-0.2, 0) is 6.54 Å². The van der Waals surface area contributed by atoms with Gasteiger partial charge in [-0.25, -0.2) is 4.68 Å². The molecule has 0 fully saturated rings. The van der Waals surface area contributed by atoms with Gasteiger partial charge in [-0.3, -0.25) is 9.78 Å². The molecule has 0 bridgehead atoms. The molecule has 0 atom stereocenters. The SMILES string of the molecule is O=c1ccc(-c2ccc(OC(F)F)cc2)nn1Cc1ccc(Cl)cn1. The topological polar surface area (TPSA) is 57.0 Å². The normalized spacial score (nSPS) is 10.9. The van der Waals surface area contributed by atoms with E-state index in [1.165, 1.54) is 29.1 Å². The summed E-state index contributed by atoms with van der Waals surface area (Å²) in [6.07, 6.45) is 1.49. The van der Waals surface area contributed by atoms with E-state index in [1.54, 1.807) is 30.3 Å². The van der Waals surface area contributed by atoms with Crippen molar-refractivity contribution in [3.8, 4) is 17.0 Å². The molecule has 0 aliphatic rings. The van der Waals surface area contributed by atoms with Crippen LogP contribution in [0.1, 0.15) is 5.69 Å². The Morgan fingerprint density at radius 1 is 1.08 bits per heavy atom. The third kappa shape index (κ3) is 4.39. The molecule has 5 nitrogen and oxygen atoms in total. The molecule has 3 rings (SSSR count). The second-order valence-electron chi connectivity index (χ2n) is 5.09. The minimum atomic E-state index is -2.88. The van der Waals surface area contributed by atoms with E-state index in [2.05, 4.69) is 14.8 Å². The Morgan fingerprint density at radius 3 is 2.48 bits per heavy atom. The highest BCUT2D eigenvalue weighted by atomic mass is 35.5. The van der Waals surface area contributed by atoms with Gasteiger partial charge in [-0.15, -0.1) is 0 Å². The molecular formula is C17H12ClF2N3O2. The number of pyridine rings is 1. The van der Waals surface area contributed by atoms with Crippen molar-refractivity contribution in [3.63, 3.8) is 0 Å². The highest BCUT2D eigenvalue weighted by Gasteiger charge is 2.07. The van der Waals surface area contributed by atoms with Crippen molar-refractivity contribution in [1.82, 2.24) is 14.8 Å². The highest BCUT2D eigenvalue weighted by Crippen LogP contribution is 2.21. The first-order valence-corrected chi connectivity index (χ1v) is 7.63. The lowest BCUT2D eigenvalue weighted by Gasteiger charge is -2.08. The average Bonchev–Trinajstić information content (AvgIpc) is 2.59. The number of ether oxygens (including phenoxy) is 1. The van der Waals surface area contributed by atoms with E-state index < -0.39 is 6.61 Å². The molecule has 0 saturated heterocycles. The zero-order valence-corrected chi connectivity index (χ0v) is 13.5. The second kappa shape index (κ2) is 7.40. The fourth-order valence-corrected chi connectivity index (χ4v) is 2.29. The van der Waals surface area contributed by atoms with Crippen molar-refractivity contribution in [2.75, 3.05) is 0 Å². The molecule has 1 aromatic carbocycles. The molecule has 2 aromatic heterocycles. The number of rotatable bonds is 5. The molecule has 0 saturated carbocycles. The van der Waals surface area contributed by atoms with E-state index in [-0.39, 0.29) is 17.9 Å². The van der Waals surface area contributed by atoms with Crippen LogP contribution in [0.2, 0.25) is 5.02 Å². The van der Waals surface area contributed by atoms with Crippen molar-refractivity contribution in [1.29, 1.82) is 0 Å². The molecule has 0 spiro atoms. The molecule has 128 valence electrons. The maximum absolute atomic E-state index is 12.2. The minimum absolute atomic E-state index is 0.0532. The lowest BCUT2D eigenvalue weighted by Crippen LogP contribution is -2.23. The third-order valence-corrected chi connectivity index (χ3v) is 3.57. The van der Waals surface area contributed by atoms with Crippen LogP contribution in [0, 0.1) is 0 Å². The predicted molar refractivity (Wildman–Crippen MR) is 88.9 cm³/mol. The first kappa shape index (κ1) is 17.0. The van der Waals surface area contributed by atoms with E-state index in [9.17, 15) is 13.6 Å². The summed E-state index contributed by atoms with van der Waals surface area (Å²) in [6.45, 7) is -2.69. The standard InChI is InChI=1S/C17H12ClF2N3O2/c18-12-3-4-13(21-9-12)10-23-16(24)8-7-15(22-23)11-1-5-14(6-2-11)25-17(19)20/h1-9,17H,10H2. The quantitative estimate of drug-likeness (QED) is 0.695. The van der Waals surface area contributed by atoms with Gasteiger partial charge >= 0.3 is 6.61 Å². The number of hydrogen-bond donors (Lipinski definition) is 0. The number of alkyl halides is 2. The van der Waals surface area contributed by atoms with Crippen LogP contribution < -0.4 is 10.3 Å². The Hall–Kier alpha value is -2.80. The van der Waals surface area contributed by atoms with Gasteiger partial charge in [0.1, 0.15) is 5.75 Å². The third-order valence-electron chi connectivity index (χ3n) is 3.34. The van der Waals surface area contributed by atoms with Gasteiger partial charge in [0.2, 0.25) is 0 Å². The van der Waals surface area contributed by atoms with Crippen LogP contribution in [0.3, 0.4) is 0 Å². The molecular weight excluding hydrogens is 352 g/mol. The zero-order chi connectivity index (χ0) is 17.8. The number of aromatic nitrogens is 3. The fourth-order valence-electron chi connectivity index (χ4n) is 2.18. The van der Waals surface area contributed by atoms with Crippen molar-refractivity contribution in [2.45, 2.75) is 13.2 Å². The van der Waals surface area contributed by atoms with Crippen molar-refractivity contribution in [2.24, 2.45) is 0 Å². The first-order valence-electron chi connectivity index (χ1n) is 7.25. The van der Waals surface area contributed by atoms with Crippen LogP contribution in [0.4, 0.5) is 8.78 Å². The van der Waals surface area contributed by atoms with E-state index in [4.69, 9.17) is 11.6 Å². The molecule has 0 aliphatic heterocycles. The van der Waals surface area contributed by atoms with Crippen LogP contribution in [0.15, 0.2) is 59.5 Å². The lowest BCUT2D eigenvalue weighted by atomic mass is 10.1. The highest BCUT2D eigenvalue weighted by molar-refractivity contribution is 6.30. The van der Waals surface area contributed by atoms with Gasteiger partial charge in [-0.2, -0.15) is 13.9 Å². The summed E-state index contributed by atoms with van der Waals surface area (Å²) in [5.41, 5.74) is 1.55. The molecule has 0 aliphatic carbocycles. The Balaban J connectivity index is 1.85. The molecule has 0 unspecified atom stereocenters. The summed E-state index contributed by atoms with van der Waals surface area (Å²) in [5, 5.41) is 4.80. The molecule has 0 radical (unpaired) electrons. The molecule has 25 heavy (non-hydrogen) atoms. The van der Waals surface area contributed by atoms with Gasteiger partial charge in [0, 0.05) is 17.8 Å². The average molecular weight is 364 g/mol. The van der Waals surface area contributed by atoms with Gasteiger partial charge in [-0.05, 0) is 42.5 Å². The van der Waals surface area contributed by atoms with Crippen molar-refractivity contribution in [3.05, 3.63) is 75.8 Å². The van der Waals surface area contributed by atoms with Gasteiger partial charge in [0.15, 0.2) is 0 Å². The second-order valence-corrected chi connectivity index (χ2v) is 5.52. The summed E-state index contributed by atoms with van der Waals surface area (Å²) >= 11 is 5.79. The number of benzene rings is 1. The summed E-state index contributed by atoms with van der Waals surface area (Å²) < 4.78 is 30.0. The smallest absolute Gasteiger partial charge is 0.387 e. The van der Waals surface area contributed by atoms with Gasteiger partial charge in [-0.1, -0.05) is 11.6 Å². The van der Waals surface area contributed by atoms with Crippen LogP contribution in [0.25, 0.3) is 11.3 Å². The van der Waals surface area contributed by atoms with Crippen molar-refractivity contribution < 1.29 is 13.5 Å². The summed E-state index contributed by atoms with van der Waals surface area (Å²) in [5.74, 6) is 0.0532. The molecule has 0 N–H and O–H groups in total. The van der Waals surface area contributed by atoms with Crippen LogP contribution >= 0.6 is 11.6 Å². The largest absolute Gasteiger partial charge is 0.435 e. The van der Waals surface area contributed by atoms with E-state index in [0.717, 1.165) is 0 Å². The fraction of sp³-hybridized carbons (Fsp3) is 0.118. The van der Waals surface area contributed by atoms with E-state index >= 15 is 0 Å². The van der Waals surface area contributed by atoms with Crippen LogP contribution in [0.5, 0.6) is 5.75 Å². The number of hydrogen-bond acceptors (Lipinski definition) is 4. The molecule has 0 amide bonds. The van der Waals surface area contributed by atoms with Gasteiger partial charge < -0.3 is 4.74 Å². The predicted octanol–water partition coefficient (Wildman–Crippen LogP) is 3.61. The molecule has 2 heterocycles. The number of nitrogens with zero attached hydrogens (tertiary/aromatic N) is 3. The Kier molecular flexibility index (Phi) is 5.04. The van der Waals surface area contributed by atoms with E-state index in [1.807, 2.05) is 0 Å². The lowest BCUT2D eigenvalue weighted by molar-refractivity contribution is -0.0498. The summed E-state index contributed by atoms with van der Waals surface area (Å²) in [4.78, 5) is 16.1. The summed E-state index contributed by atoms with van der Waals surface area (Å²) in [6, 6.07) is 12.4. The Morgan fingerprint density at radius 2 is 1.84 bits per heavy atom. The summed E-state index contributed by atoms with van der Waals surface area (Å²) in [7, 11) is 0. The molecule has 8 heteroatoms. The molecule has 3 aromatic rings. The van der Waals surface area contributed by atoms with E-state index in [0.29, 0.717) is 22.0 Å². The zero-order valence-electron chi connectivity index (χ0n) is 12.8. The monoisotopic (exact) mass is 363 g/mol. The van der Waals surface area contributed by atoms with Gasteiger partial charge in [0.25, 0.3) is 5.56 Å². The number of halogens is 3. The minimum Gasteiger partial charge on any atom is -0.435 e. The Labute approximate surface area is 146 Å². The maximum Gasteiger partial charge on any atom is 0.387 e. The maximum atomic E-state index is 12.2. The van der Waals surface area contributed by atoms with Gasteiger partial charge in [0.05, 0.1) is 23.0 Å². The van der Waals surface area contributed by atoms with Crippen LogP contribution in [-0.4, -0.2) is 21.4 Å². The Bertz CT molecular complexity index is 912. The van der Waals surface area contributed by atoms with Crippen molar-refractivity contribution >= 4 is 11.6 Å². The first-order chi connectivity index (χ1) is 12.0.